The lowest BCUT2D eigenvalue weighted by atomic mass is 10.2. The number of amides is 1. The number of hydrogen-bond acceptors (Lipinski definition) is 6. The van der Waals surface area contributed by atoms with Crippen LogP contribution in [0.2, 0.25) is 0 Å². The molecule has 25 heavy (non-hydrogen) atoms. The molecular weight excluding hydrogens is 338 g/mol. The van der Waals surface area contributed by atoms with Gasteiger partial charge in [0.05, 0.1) is 29.4 Å². The Morgan fingerprint density at radius 2 is 2.00 bits per heavy atom. The van der Waals surface area contributed by atoms with Crippen LogP contribution >= 0.6 is 11.8 Å². The third-order valence-electron chi connectivity index (χ3n) is 3.78. The molecule has 0 aliphatic rings. The number of benzene rings is 1. The van der Waals surface area contributed by atoms with Gasteiger partial charge in [-0.15, -0.1) is 5.10 Å². The van der Waals surface area contributed by atoms with E-state index in [1.807, 2.05) is 51.2 Å². The maximum Gasteiger partial charge on any atom is 0.234 e. The first-order valence-electron chi connectivity index (χ1n) is 7.77. The van der Waals surface area contributed by atoms with Gasteiger partial charge in [-0.05, 0) is 29.8 Å². The normalized spacial score (nSPS) is 10.8. The van der Waals surface area contributed by atoms with Crippen molar-refractivity contribution in [3.05, 3.63) is 47.3 Å². The molecule has 0 aliphatic heterocycles. The van der Waals surface area contributed by atoms with E-state index in [0.717, 1.165) is 22.6 Å². The molecule has 0 saturated carbocycles. The van der Waals surface area contributed by atoms with E-state index in [9.17, 15) is 4.79 Å². The minimum Gasteiger partial charge on any atom is -0.322 e. The minimum atomic E-state index is -0.113. The fourth-order valence-electron chi connectivity index (χ4n) is 2.42. The van der Waals surface area contributed by atoms with E-state index in [4.69, 9.17) is 0 Å². The zero-order chi connectivity index (χ0) is 17.8. The predicted molar refractivity (Wildman–Crippen MR) is 95.4 cm³/mol. The molecule has 1 aromatic carbocycles. The summed E-state index contributed by atoms with van der Waals surface area (Å²) in [5.41, 5.74) is 3.58. The van der Waals surface area contributed by atoms with Crippen LogP contribution in [0.25, 0.3) is 0 Å². The van der Waals surface area contributed by atoms with Gasteiger partial charge in [-0.1, -0.05) is 42.1 Å². The lowest BCUT2D eigenvalue weighted by Gasteiger charge is -2.06. The second-order valence-corrected chi connectivity index (χ2v) is 6.55. The molecule has 0 bridgehead atoms. The summed E-state index contributed by atoms with van der Waals surface area (Å²) in [6.07, 6.45) is 0. The molecule has 1 N–H and O–H groups in total. The first kappa shape index (κ1) is 17.2. The fourth-order valence-corrected chi connectivity index (χ4v) is 3.09. The molecule has 0 atom stereocenters. The van der Waals surface area contributed by atoms with Gasteiger partial charge in [0.1, 0.15) is 0 Å². The topological polar surface area (TPSA) is 90.5 Å². The summed E-state index contributed by atoms with van der Waals surface area (Å²) in [5.74, 6) is 0.113. The molecule has 9 heteroatoms. The van der Waals surface area contributed by atoms with Crippen LogP contribution in [0.4, 0.5) is 5.69 Å². The molecule has 0 saturated heterocycles. The van der Waals surface area contributed by atoms with E-state index < -0.39 is 0 Å². The number of aromatic nitrogens is 6. The number of nitrogens with one attached hydrogen (secondary N) is 1. The quantitative estimate of drug-likeness (QED) is 0.677. The Kier molecular flexibility index (Phi) is 5.13. The van der Waals surface area contributed by atoms with Crippen molar-refractivity contribution in [1.29, 1.82) is 0 Å². The van der Waals surface area contributed by atoms with E-state index >= 15 is 0 Å². The number of nitrogens with zero attached hydrogens (tertiary/aromatic N) is 6. The minimum absolute atomic E-state index is 0.113. The number of carbonyl (C=O) groups excluding carboxylic acids is 1. The van der Waals surface area contributed by atoms with Crippen molar-refractivity contribution in [2.45, 2.75) is 25.5 Å². The Labute approximate surface area is 149 Å². The smallest absolute Gasteiger partial charge is 0.234 e. The van der Waals surface area contributed by atoms with Crippen LogP contribution < -0.4 is 5.32 Å². The van der Waals surface area contributed by atoms with E-state index in [2.05, 4.69) is 25.9 Å². The highest BCUT2D eigenvalue weighted by Crippen LogP contribution is 2.20. The summed E-state index contributed by atoms with van der Waals surface area (Å²) >= 11 is 1.31. The number of rotatable bonds is 6. The molecule has 0 fully saturated rings. The van der Waals surface area contributed by atoms with Gasteiger partial charge >= 0.3 is 0 Å². The van der Waals surface area contributed by atoms with Gasteiger partial charge in [-0.2, -0.15) is 5.10 Å². The lowest BCUT2D eigenvalue weighted by Crippen LogP contribution is -2.16. The average Bonchev–Trinajstić information content (AvgIpc) is 3.13. The number of aryl methyl sites for hydroxylation is 2. The highest BCUT2D eigenvalue weighted by Gasteiger charge is 2.14. The number of tetrazole rings is 1. The van der Waals surface area contributed by atoms with E-state index in [0.29, 0.717) is 11.7 Å². The molecule has 0 spiro atoms. The summed E-state index contributed by atoms with van der Waals surface area (Å²) in [7, 11) is 1.85. The molecule has 0 unspecified atom stereocenters. The average molecular weight is 357 g/mol. The van der Waals surface area contributed by atoms with Gasteiger partial charge in [0.25, 0.3) is 0 Å². The van der Waals surface area contributed by atoms with Gasteiger partial charge in [-0.3, -0.25) is 9.48 Å². The summed E-state index contributed by atoms with van der Waals surface area (Å²) in [5, 5.41) is 19.5. The molecule has 2 aromatic heterocycles. The van der Waals surface area contributed by atoms with Crippen LogP contribution in [0.15, 0.2) is 35.5 Å². The second kappa shape index (κ2) is 7.47. The monoisotopic (exact) mass is 357 g/mol. The van der Waals surface area contributed by atoms with E-state index in [-0.39, 0.29) is 11.7 Å². The zero-order valence-electron chi connectivity index (χ0n) is 14.3. The van der Waals surface area contributed by atoms with Crippen molar-refractivity contribution in [3.8, 4) is 0 Å². The Bertz CT molecular complexity index is 872. The summed E-state index contributed by atoms with van der Waals surface area (Å²) < 4.78 is 3.44. The molecule has 130 valence electrons. The molecule has 3 aromatic rings. The standard InChI is InChI=1S/C16H19N7OS/c1-11-15(12(2)22(3)19-11)17-14(24)10-25-16-18-20-21-23(16)9-13-7-5-4-6-8-13/h4-8H,9-10H2,1-3H3,(H,17,24). The summed E-state index contributed by atoms with van der Waals surface area (Å²) in [6.45, 7) is 4.36. The first-order valence-corrected chi connectivity index (χ1v) is 8.76. The Morgan fingerprint density at radius 3 is 2.68 bits per heavy atom. The highest BCUT2D eigenvalue weighted by atomic mass is 32.2. The number of thioether (sulfide) groups is 1. The van der Waals surface area contributed by atoms with Gasteiger partial charge in [0.2, 0.25) is 11.1 Å². The van der Waals surface area contributed by atoms with E-state index in [1.165, 1.54) is 11.8 Å². The molecular formula is C16H19N7OS. The summed E-state index contributed by atoms with van der Waals surface area (Å²) in [6, 6.07) is 9.93. The van der Waals surface area contributed by atoms with Crippen LogP contribution in [0.1, 0.15) is 17.0 Å². The SMILES string of the molecule is Cc1nn(C)c(C)c1NC(=O)CSc1nnnn1Cc1ccccc1. The number of carbonyl (C=O) groups is 1. The van der Waals surface area contributed by atoms with Crippen molar-refractivity contribution in [2.24, 2.45) is 7.05 Å². The number of hydrogen-bond donors (Lipinski definition) is 1. The Morgan fingerprint density at radius 1 is 1.24 bits per heavy atom. The highest BCUT2D eigenvalue weighted by molar-refractivity contribution is 7.99. The van der Waals surface area contributed by atoms with Crippen LogP contribution in [0.3, 0.4) is 0 Å². The Hall–Kier alpha value is -2.68. The van der Waals surface area contributed by atoms with E-state index in [1.54, 1.807) is 9.36 Å². The molecule has 0 aliphatic carbocycles. The van der Waals surface area contributed by atoms with Crippen molar-refractivity contribution in [3.63, 3.8) is 0 Å². The van der Waals surface area contributed by atoms with Gasteiger partial charge < -0.3 is 5.32 Å². The zero-order valence-corrected chi connectivity index (χ0v) is 15.1. The van der Waals surface area contributed by atoms with Crippen molar-refractivity contribution in [1.82, 2.24) is 30.0 Å². The van der Waals surface area contributed by atoms with Crippen LogP contribution in [0.5, 0.6) is 0 Å². The van der Waals surface area contributed by atoms with Crippen LogP contribution in [0, 0.1) is 13.8 Å². The molecule has 8 nitrogen and oxygen atoms in total. The van der Waals surface area contributed by atoms with Gasteiger partial charge in [0.15, 0.2) is 0 Å². The third-order valence-corrected chi connectivity index (χ3v) is 4.74. The molecule has 0 radical (unpaired) electrons. The van der Waals surface area contributed by atoms with Crippen LogP contribution in [-0.2, 0) is 18.4 Å². The lowest BCUT2D eigenvalue weighted by molar-refractivity contribution is -0.113. The maximum absolute atomic E-state index is 12.2. The molecule has 1 amide bonds. The van der Waals surface area contributed by atoms with Gasteiger partial charge in [0, 0.05) is 7.05 Å². The second-order valence-electron chi connectivity index (χ2n) is 5.61. The number of anilines is 1. The maximum atomic E-state index is 12.2. The van der Waals surface area contributed by atoms with Gasteiger partial charge in [-0.25, -0.2) is 4.68 Å². The molecule has 3 rings (SSSR count). The third kappa shape index (κ3) is 4.05. The fraction of sp³-hybridized carbons (Fsp3) is 0.312. The van der Waals surface area contributed by atoms with Crippen molar-refractivity contribution in [2.75, 3.05) is 11.1 Å². The van der Waals surface area contributed by atoms with Crippen molar-refractivity contribution >= 4 is 23.4 Å². The van der Waals surface area contributed by atoms with Crippen molar-refractivity contribution < 1.29 is 4.79 Å². The largest absolute Gasteiger partial charge is 0.322 e. The Balaban J connectivity index is 1.60. The first-order chi connectivity index (χ1) is 12.0. The molecule has 2 heterocycles. The summed E-state index contributed by atoms with van der Waals surface area (Å²) in [4.78, 5) is 12.2. The van der Waals surface area contributed by atoms with Crippen LogP contribution in [-0.4, -0.2) is 41.6 Å². The predicted octanol–water partition coefficient (Wildman–Crippen LogP) is 1.80.